The van der Waals surface area contributed by atoms with Crippen LogP contribution in [0.15, 0.2) is 23.4 Å². The molecule has 1 aliphatic carbocycles. The van der Waals surface area contributed by atoms with Crippen molar-refractivity contribution in [2.75, 3.05) is 31.1 Å². The first-order valence-corrected chi connectivity index (χ1v) is 12.6. The van der Waals surface area contributed by atoms with Crippen LogP contribution in [0.25, 0.3) is 16.3 Å². The molecule has 0 aromatic carbocycles. The molecular weight excluding hydrogens is 456 g/mol. The summed E-state index contributed by atoms with van der Waals surface area (Å²) in [7, 11) is -1.40. The van der Waals surface area contributed by atoms with Crippen LogP contribution >= 0.6 is 11.3 Å². The minimum absolute atomic E-state index is 0.0988. The van der Waals surface area contributed by atoms with E-state index in [1.165, 1.54) is 0 Å². The van der Waals surface area contributed by atoms with Crippen molar-refractivity contribution in [1.29, 1.82) is 0 Å². The zero-order chi connectivity index (χ0) is 22.1. The molecule has 6 rings (SSSR count). The molecule has 2 N–H and O–H groups in total. The number of nitrogens with one attached hydrogen (secondary N) is 2. The Labute approximate surface area is 190 Å². The van der Waals surface area contributed by atoms with Gasteiger partial charge in [0.05, 0.1) is 22.3 Å². The Morgan fingerprint density at radius 1 is 1.28 bits per heavy atom. The number of hydrogen-bond donors (Lipinski definition) is 2. The second kappa shape index (κ2) is 7.24. The fourth-order valence-corrected chi connectivity index (χ4v) is 6.34. The summed E-state index contributed by atoms with van der Waals surface area (Å²) in [5.41, 5.74) is 2.00. The molecule has 12 heteroatoms. The number of aromatic nitrogens is 4. The van der Waals surface area contributed by atoms with E-state index in [0.29, 0.717) is 21.1 Å². The average Bonchev–Trinajstić information content (AvgIpc) is 3.20. The monoisotopic (exact) mass is 479 g/mol. The van der Waals surface area contributed by atoms with Crippen LogP contribution in [-0.2, 0) is 11.0 Å². The largest absolute Gasteiger partial charge is 0.369 e. The average molecular weight is 480 g/mol. The zero-order valence-corrected chi connectivity index (χ0v) is 19.1. The molecule has 3 aromatic heterocycles. The second-order valence-electron chi connectivity index (χ2n) is 9.35. The van der Waals surface area contributed by atoms with E-state index in [2.05, 4.69) is 37.0 Å². The van der Waals surface area contributed by atoms with E-state index in [1.807, 2.05) is 10.5 Å². The minimum atomic E-state index is -2.67. The van der Waals surface area contributed by atoms with Gasteiger partial charge in [0.2, 0.25) is 0 Å². The predicted octanol–water partition coefficient (Wildman–Crippen LogP) is 2.75. The lowest BCUT2D eigenvalue weighted by Gasteiger charge is -2.39. The number of rotatable bonds is 6. The first kappa shape index (κ1) is 20.6. The number of fused-ring (bicyclic) bond motifs is 1. The summed E-state index contributed by atoms with van der Waals surface area (Å²) >= 11 is 0.830. The molecule has 1 saturated carbocycles. The first-order chi connectivity index (χ1) is 15.3. The topological polar surface area (TPSA) is 87.5 Å². The predicted molar refractivity (Wildman–Crippen MR) is 118 cm³/mol. The lowest BCUT2D eigenvalue weighted by molar-refractivity contribution is 0.150. The molecule has 3 aliphatic rings. The normalized spacial score (nSPS) is 22.1. The van der Waals surface area contributed by atoms with Crippen molar-refractivity contribution in [3.8, 4) is 10.8 Å². The number of imidazole rings is 1. The van der Waals surface area contributed by atoms with Gasteiger partial charge in [-0.05, 0) is 32.3 Å². The molecule has 5 heterocycles. The molecule has 1 unspecified atom stereocenters. The molecule has 3 fully saturated rings. The van der Waals surface area contributed by atoms with Crippen molar-refractivity contribution in [3.05, 3.63) is 23.5 Å². The van der Waals surface area contributed by atoms with E-state index < -0.39 is 17.4 Å². The van der Waals surface area contributed by atoms with E-state index in [-0.39, 0.29) is 10.5 Å². The minimum Gasteiger partial charge on any atom is -0.369 e. The number of alkyl halides is 2. The molecule has 3 aromatic rings. The molecule has 0 radical (unpaired) electrons. The van der Waals surface area contributed by atoms with Crippen LogP contribution < -0.4 is 14.9 Å². The Morgan fingerprint density at radius 3 is 2.72 bits per heavy atom. The second-order valence-corrected chi connectivity index (χ2v) is 11.6. The van der Waals surface area contributed by atoms with Gasteiger partial charge in [0, 0.05) is 43.3 Å². The molecule has 32 heavy (non-hydrogen) atoms. The summed E-state index contributed by atoms with van der Waals surface area (Å²) in [5.74, 6) is 0.432. The number of pyridine rings is 1. The van der Waals surface area contributed by atoms with Gasteiger partial charge in [-0.15, -0.1) is 10.2 Å². The van der Waals surface area contributed by atoms with Crippen molar-refractivity contribution >= 4 is 33.5 Å². The highest BCUT2D eigenvalue weighted by molar-refractivity contribution is 7.83. The Morgan fingerprint density at radius 2 is 2.09 bits per heavy atom. The van der Waals surface area contributed by atoms with Crippen LogP contribution in [0, 0.1) is 5.41 Å². The fraction of sp³-hybridized carbons (Fsp3) is 0.550. The third-order valence-electron chi connectivity index (χ3n) is 6.75. The van der Waals surface area contributed by atoms with Crippen LogP contribution in [0.2, 0.25) is 0 Å². The fourth-order valence-electron chi connectivity index (χ4n) is 4.46. The third-order valence-corrected chi connectivity index (χ3v) is 9.00. The maximum Gasteiger partial charge on any atom is 0.291 e. The summed E-state index contributed by atoms with van der Waals surface area (Å²) in [6, 6.07) is 1.98. The molecule has 2 saturated heterocycles. The summed E-state index contributed by atoms with van der Waals surface area (Å²) < 4.78 is 44.4. The van der Waals surface area contributed by atoms with Crippen molar-refractivity contribution in [1.82, 2.24) is 29.6 Å². The van der Waals surface area contributed by atoms with Crippen molar-refractivity contribution < 1.29 is 13.0 Å². The van der Waals surface area contributed by atoms with Crippen LogP contribution in [0.1, 0.15) is 37.6 Å². The Balaban J connectivity index is 1.44. The van der Waals surface area contributed by atoms with Gasteiger partial charge < -0.3 is 10.2 Å². The van der Waals surface area contributed by atoms with Gasteiger partial charge in [0.25, 0.3) is 6.43 Å². The number of anilines is 1. The maximum absolute atomic E-state index is 13.2. The molecule has 1 atom stereocenters. The number of halogens is 2. The molecule has 0 bridgehead atoms. The molecule has 1 spiro atoms. The summed E-state index contributed by atoms with van der Waals surface area (Å²) in [6.45, 7) is 5.92. The van der Waals surface area contributed by atoms with E-state index in [1.54, 1.807) is 12.4 Å². The van der Waals surface area contributed by atoms with Crippen LogP contribution in [-0.4, -0.2) is 55.5 Å². The van der Waals surface area contributed by atoms with E-state index in [0.717, 1.165) is 68.0 Å². The highest BCUT2D eigenvalue weighted by Gasteiger charge is 2.44. The van der Waals surface area contributed by atoms with Crippen LogP contribution in [0.5, 0.6) is 0 Å². The van der Waals surface area contributed by atoms with Gasteiger partial charge in [-0.1, -0.05) is 11.3 Å². The first-order valence-electron chi connectivity index (χ1n) is 10.6. The van der Waals surface area contributed by atoms with Crippen molar-refractivity contribution in [3.63, 3.8) is 0 Å². The maximum atomic E-state index is 13.2. The Kier molecular flexibility index (Phi) is 4.66. The van der Waals surface area contributed by atoms with Gasteiger partial charge in [-0.25, -0.2) is 22.7 Å². The highest BCUT2D eigenvalue weighted by atomic mass is 32.2. The lowest BCUT2D eigenvalue weighted by atomic mass is 9.81. The van der Waals surface area contributed by atoms with E-state index >= 15 is 0 Å². The Bertz CT molecular complexity index is 1220. The van der Waals surface area contributed by atoms with Gasteiger partial charge in [-0.2, -0.15) is 0 Å². The Hall–Kier alpha value is -2.02. The molecule has 2 aliphatic heterocycles. The van der Waals surface area contributed by atoms with Gasteiger partial charge in [0.1, 0.15) is 11.0 Å². The number of nitrogens with zero attached hydrogens (tertiary/aromatic N) is 5. The molecule has 8 nitrogen and oxygen atoms in total. The molecule has 0 amide bonds. The van der Waals surface area contributed by atoms with Gasteiger partial charge in [-0.3, -0.25) is 4.40 Å². The molecule has 170 valence electrons. The summed E-state index contributed by atoms with van der Waals surface area (Å²) in [6.07, 6.45) is 3.92. The van der Waals surface area contributed by atoms with Gasteiger partial charge >= 0.3 is 0 Å². The quantitative estimate of drug-likeness (QED) is 0.565. The van der Waals surface area contributed by atoms with E-state index in [4.69, 9.17) is 0 Å². The van der Waals surface area contributed by atoms with Crippen LogP contribution in [0.3, 0.4) is 0 Å². The molecular formula is C20H23F2N7OS2. The highest BCUT2D eigenvalue weighted by Crippen LogP contribution is 2.40. The standard InChI is InChI=1S/C20H23F2N7OS2/c1-19(2-3-19)27-32(30)12-6-13(28-5-4-20(11-28)9-23-10-20)14-7-24-16(29(14)8-12)18-26-25-17(31-18)15(21)22/h6-8,15,23,27H,2-5,9-11H2,1H3. The summed E-state index contributed by atoms with van der Waals surface area (Å²) in [5, 5.41) is 10.9. The smallest absolute Gasteiger partial charge is 0.291 e. The number of hydrogen-bond acceptors (Lipinski definition) is 7. The summed E-state index contributed by atoms with van der Waals surface area (Å²) in [4.78, 5) is 7.45. The van der Waals surface area contributed by atoms with Crippen LogP contribution in [0.4, 0.5) is 14.5 Å². The lowest BCUT2D eigenvalue weighted by Crippen LogP contribution is -2.54. The third kappa shape index (κ3) is 3.44. The van der Waals surface area contributed by atoms with E-state index in [9.17, 15) is 13.0 Å². The SMILES string of the molecule is CC1(NS(=O)c2cc(N3CCC4(CNC4)C3)c3cnc(-c4nnc(C(F)F)s4)n3c2)CC1. The van der Waals surface area contributed by atoms with Gasteiger partial charge in [0.15, 0.2) is 15.8 Å². The zero-order valence-electron chi connectivity index (χ0n) is 17.5. The van der Waals surface area contributed by atoms with Crippen molar-refractivity contribution in [2.24, 2.45) is 5.41 Å². The van der Waals surface area contributed by atoms with Crippen molar-refractivity contribution in [2.45, 2.75) is 43.0 Å².